The molecule has 1 amide bonds. The van der Waals surface area contributed by atoms with E-state index >= 15 is 0 Å². The molecule has 0 saturated heterocycles. The molecule has 3 heterocycles. The Kier molecular flexibility index (Phi) is 5.15. The molecule has 1 aromatic carbocycles. The van der Waals surface area contributed by atoms with E-state index in [1.165, 1.54) is 11.3 Å². The molecule has 3 aromatic heterocycles. The topological polar surface area (TPSA) is 59.2 Å². The molecule has 0 unspecified atom stereocenters. The van der Waals surface area contributed by atoms with Crippen molar-refractivity contribution in [1.29, 1.82) is 0 Å². The van der Waals surface area contributed by atoms with Crippen LogP contribution in [0.5, 0.6) is 0 Å². The van der Waals surface area contributed by atoms with Crippen LogP contribution in [0.25, 0.3) is 31.9 Å². The van der Waals surface area contributed by atoms with Crippen molar-refractivity contribution in [2.45, 2.75) is 13.8 Å². The smallest absolute Gasteiger partial charge is 0.266 e. The van der Waals surface area contributed by atoms with E-state index in [1.807, 2.05) is 43.5 Å². The Morgan fingerprint density at radius 2 is 1.86 bits per heavy atom. The first-order valence-corrected chi connectivity index (χ1v) is 10.9. The van der Waals surface area contributed by atoms with Gasteiger partial charge in [-0.15, -0.1) is 22.7 Å². The van der Waals surface area contributed by atoms with Crippen molar-refractivity contribution in [3.05, 3.63) is 58.8 Å². The summed E-state index contributed by atoms with van der Waals surface area (Å²) < 4.78 is 0. The average molecular weight is 408 g/mol. The van der Waals surface area contributed by atoms with Crippen LogP contribution in [0.4, 0.5) is 5.69 Å². The summed E-state index contributed by atoms with van der Waals surface area (Å²) in [5, 5.41) is 2.91. The number of hydrogen-bond donors (Lipinski definition) is 1. The Balaban J connectivity index is 1.98. The van der Waals surface area contributed by atoms with Crippen LogP contribution in [0.15, 0.2) is 53.9 Å². The van der Waals surface area contributed by atoms with Gasteiger partial charge in [-0.2, -0.15) is 0 Å². The van der Waals surface area contributed by atoms with Gasteiger partial charge in [0.15, 0.2) is 0 Å². The van der Waals surface area contributed by atoms with Crippen LogP contribution >= 0.6 is 22.7 Å². The van der Waals surface area contributed by atoms with Gasteiger partial charge in [-0.05, 0) is 42.5 Å². The Morgan fingerprint density at radius 3 is 2.50 bits per heavy atom. The van der Waals surface area contributed by atoms with Crippen molar-refractivity contribution in [2.75, 3.05) is 18.8 Å². The monoisotopic (exact) mass is 407 g/mol. The second-order valence-corrected chi connectivity index (χ2v) is 8.35. The Morgan fingerprint density at radius 1 is 1.11 bits per heavy atom. The summed E-state index contributed by atoms with van der Waals surface area (Å²) in [7, 11) is 0. The molecule has 0 radical (unpaired) electrons. The summed E-state index contributed by atoms with van der Waals surface area (Å²) in [4.78, 5) is 22.1. The highest BCUT2D eigenvalue weighted by Gasteiger charge is 2.24. The van der Waals surface area contributed by atoms with E-state index in [0.29, 0.717) is 23.7 Å². The van der Waals surface area contributed by atoms with Crippen molar-refractivity contribution in [2.24, 2.45) is 0 Å². The minimum Gasteiger partial charge on any atom is -0.397 e. The maximum absolute atomic E-state index is 13.0. The number of amides is 1. The van der Waals surface area contributed by atoms with Crippen LogP contribution in [0, 0.1) is 0 Å². The lowest BCUT2D eigenvalue weighted by molar-refractivity contribution is 0.0779. The fraction of sp³-hybridized carbons (Fsp3) is 0.182. The number of anilines is 1. The predicted octanol–water partition coefficient (Wildman–Crippen LogP) is 5.76. The summed E-state index contributed by atoms with van der Waals surface area (Å²) in [6.07, 6.45) is 0. The highest BCUT2D eigenvalue weighted by molar-refractivity contribution is 7.21. The number of aromatic nitrogens is 1. The maximum atomic E-state index is 13.0. The van der Waals surface area contributed by atoms with Gasteiger partial charge in [-0.25, -0.2) is 4.98 Å². The van der Waals surface area contributed by atoms with Gasteiger partial charge in [-0.3, -0.25) is 4.79 Å². The molecule has 0 fully saturated rings. The van der Waals surface area contributed by atoms with E-state index in [0.717, 1.165) is 31.9 Å². The van der Waals surface area contributed by atoms with E-state index in [4.69, 9.17) is 10.7 Å². The Bertz CT molecular complexity index is 1110. The third kappa shape index (κ3) is 3.19. The number of carbonyl (C=O) groups excluding carboxylic acids is 1. The lowest BCUT2D eigenvalue weighted by atomic mass is 10.0. The summed E-state index contributed by atoms with van der Waals surface area (Å²) >= 11 is 3.04. The van der Waals surface area contributed by atoms with Gasteiger partial charge in [-0.1, -0.05) is 36.4 Å². The Labute approximate surface area is 172 Å². The number of hydrogen-bond acceptors (Lipinski definition) is 5. The minimum absolute atomic E-state index is 0.0258. The van der Waals surface area contributed by atoms with Crippen LogP contribution in [-0.4, -0.2) is 28.9 Å². The highest BCUT2D eigenvalue weighted by Crippen LogP contribution is 2.42. The number of pyridine rings is 1. The number of benzene rings is 1. The molecule has 0 spiro atoms. The number of carbonyl (C=O) groups is 1. The second kappa shape index (κ2) is 7.73. The quantitative estimate of drug-likeness (QED) is 0.458. The molecule has 0 aliphatic carbocycles. The number of nitrogens with zero attached hydrogens (tertiary/aromatic N) is 2. The van der Waals surface area contributed by atoms with Crippen molar-refractivity contribution in [3.8, 4) is 21.7 Å². The van der Waals surface area contributed by atoms with Crippen molar-refractivity contribution in [3.63, 3.8) is 0 Å². The lowest BCUT2D eigenvalue weighted by Gasteiger charge is -2.17. The summed E-state index contributed by atoms with van der Waals surface area (Å²) in [6, 6.07) is 16.3. The molecular weight excluding hydrogens is 386 g/mol. The summed E-state index contributed by atoms with van der Waals surface area (Å²) in [6.45, 7) is 5.27. The van der Waals surface area contributed by atoms with Crippen molar-refractivity contribution in [1.82, 2.24) is 9.88 Å². The molecule has 0 atom stereocenters. The zero-order chi connectivity index (χ0) is 19.7. The van der Waals surface area contributed by atoms with Crippen LogP contribution in [0.3, 0.4) is 0 Å². The normalized spacial score (nSPS) is 11.1. The number of thiophene rings is 2. The van der Waals surface area contributed by atoms with Gasteiger partial charge in [0, 0.05) is 18.5 Å². The van der Waals surface area contributed by atoms with E-state index < -0.39 is 0 Å². The van der Waals surface area contributed by atoms with E-state index in [2.05, 4.69) is 24.3 Å². The van der Waals surface area contributed by atoms with Crippen molar-refractivity contribution >= 4 is 44.5 Å². The molecule has 4 rings (SSSR count). The highest BCUT2D eigenvalue weighted by atomic mass is 32.1. The average Bonchev–Trinajstić information content (AvgIpc) is 3.37. The van der Waals surface area contributed by atoms with Gasteiger partial charge in [0.2, 0.25) is 0 Å². The van der Waals surface area contributed by atoms with E-state index in [1.54, 1.807) is 16.2 Å². The maximum Gasteiger partial charge on any atom is 0.266 e. The number of rotatable bonds is 5. The molecular formula is C22H21N3OS2. The number of fused-ring (bicyclic) bond motifs is 1. The first-order chi connectivity index (χ1) is 13.6. The summed E-state index contributed by atoms with van der Waals surface area (Å²) in [5.74, 6) is -0.0258. The number of nitrogen functional groups attached to an aromatic ring is 1. The molecule has 0 saturated carbocycles. The van der Waals surface area contributed by atoms with E-state index in [-0.39, 0.29) is 5.91 Å². The van der Waals surface area contributed by atoms with Crippen molar-refractivity contribution < 1.29 is 4.79 Å². The third-order valence-electron chi connectivity index (χ3n) is 4.80. The van der Waals surface area contributed by atoms with Gasteiger partial charge < -0.3 is 10.6 Å². The zero-order valence-corrected chi connectivity index (χ0v) is 17.4. The first kappa shape index (κ1) is 18.7. The summed E-state index contributed by atoms with van der Waals surface area (Å²) in [5.41, 5.74) is 10.0. The molecule has 0 bridgehead atoms. The fourth-order valence-corrected chi connectivity index (χ4v) is 5.10. The zero-order valence-electron chi connectivity index (χ0n) is 15.8. The largest absolute Gasteiger partial charge is 0.397 e. The standard InChI is InChI=1S/C22H21N3OS2/c1-3-25(4-2)22(26)20-19(23)18-15(14-9-6-5-7-10-14)13-16(24-21(18)28-20)17-11-8-12-27-17/h5-13H,3-4,23H2,1-2H3. The van der Waals surface area contributed by atoms with Crippen LogP contribution in [0.2, 0.25) is 0 Å². The van der Waals surface area contributed by atoms with Crippen LogP contribution < -0.4 is 5.73 Å². The van der Waals surface area contributed by atoms with Gasteiger partial charge in [0.25, 0.3) is 5.91 Å². The van der Waals surface area contributed by atoms with Gasteiger partial charge in [0.05, 0.1) is 16.3 Å². The number of nitrogens with two attached hydrogens (primary N) is 1. The molecule has 142 valence electrons. The molecule has 2 N–H and O–H groups in total. The first-order valence-electron chi connectivity index (χ1n) is 9.25. The van der Waals surface area contributed by atoms with E-state index in [9.17, 15) is 4.79 Å². The van der Waals surface area contributed by atoms with Crippen LogP contribution in [-0.2, 0) is 0 Å². The molecule has 4 nitrogen and oxygen atoms in total. The molecule has 4 aromatic rings. The minimum atomic E-state index is -0.0258. The van der Waals surface area contributed by atoms with Gasteiger partial charge >= 0.3 is 0 Å². The lowest BCUT2D eigenvalue weighted by Crippen LogP contribution is -2.30. The van der Waals surface area contributed by atoms with Gasteiger partial charge in [0.1, 0.15) is 9.71 Å². The second-order valence-electron chi connectivity index (χ2n) is 6.40. The third-order valence-corrected chi connectivity index (χ3v) is 6.78. The molecule has 0 aliphatic heterocycles. The Hall–Kier alpha value is -2.70. The predicted molar refractivity (Wildman–Crippen MR) is 120 cm³/mol. The molecule has 0 aliphatic rings. The fourth-order valence-electron chi connectivity index (χ4n) is 3.33. The molecule has 28 heavy (non-hydrogen) atoms. The SMILES string of the molecule is CCN(CC)C(=O)c1sc2nc(-c3cccs3)cc(-c3ccccc3)c2c1N. The van der Waals surface area contributed by atoms with Crippen LogP contribution in [0.1, 0.15) is 23.5 Å². The molecule has 6 heteroatoms.